The highest BCUT2D eigenvalue weighted by molar-refractivity contribution is 7.19. The van der Waals surface area contributed by atoms with Gasteiger partial charge in [-0.15, -0.1) is 35.1 Å². The van der Waals surface area contributed by atoms with Gasteiger partial charge in [0.2, 0.25) is 0 Å². The second kappa shape index (κ2) is 7.15. The molecule has 132 valence electrons. The second-order valence-electron chi connectivity index (χ2n) is 6.79. The molecule has 0 unspecified atom stereocenters. The third-order valence-electron chi connectivity index (χ3n) is 5.06. The van der Waals surface area contributed by atoms with Crippen molar-refractivity contribution in [3.63, 3.8) is 0 Å². The fourth-order valence-corrected chi connectivity index (χ4v) is 5.74. The van der Waals surface area contributed by atoms with Crippen LogP contribution < -0.4 is 0 Å². The zero-order valence-electron chi connectivity index (χ0n) is 14.6. The normalized spacial score (nSPS) is 13.4. The van der Waals surface area contributed by atoms with Crippen LogP contribution >= 0.6 is 35.1 Å². The molecule has 3 aromatic heterocycles. The predicted octanol–water partition coefficient (Wildman–Crippen LogP) is 7.30. The monoisotopic (exact) mass is 397 g/mol. The van der Waals surface area contributed by atoms with Crippen molar-refractivity contribution in [2.24, 2.45) is 0 Å². The number of hydrogen-bond donors (Lipinski definition) is 0. The molecule has 0 atom stereocenters. The highest BCUT2D eigenvalue weighted by Crippen LogP contribution is 2.42. The number of rotatable bonds is 2. The number of hydrogen-bond acceptors (Lipinski definition) is 3. The Morgan fingerprint density at radius 1 is 1.00 bits per heavy atom. The zero-order valence-corrected chi connectivity index (χ0v) is 17.1. The Kier molecular flexibility index (Phi) is 4.87. The first-order valence-electron chi connectivity index (χ1n) is 8.86. The molecule has 3 heterocycles. The average molecular weight is 398 g/mol. The largest absolute Gasteiger partial charge is 0.236 e. The Morgan fingerprint density at radius 3 is 2.58 bits per heavy atom. The molecular weight excluding hydrogens is 378 g/mol. The van der Waals surface area contributed by atoms with Gasteiger partial charge in [-0.05, 0) is 66.8 Å². The molecule has 0 bridgehead atoms. The molecule has 0 aliphatic heterocycles. The van der Waals surface area contributed by atoms with Crippen molar-refractivity contribution >= 4 is 45.3 Å². The Morgan fingerprint density at radius 2 is 1.81 bits per heavy atom. The quantitative estimate of drug-likeness (QED) is 0.345. The van der Waals surface area contributed by atoms with Crippen molar-refractivity contribution < 1.29 is 0 Å². The number of fused-ring (bicyclic) bond motifs is 3. The zero-order chi connectivity index (χ0) is 16.8. The molecule has 1 nitrogen and oxygen atoms in total. The highest BCUT2D eigenvalue weighted by Gasteiger charge is 2.21. The number of nitrogens with zero attached hydrogens (tertiary/aromatic N) is 1. The smallest absolute Gasteiger partial charge is 0.125 e. The minimum absolute atomic E-state index is 0. The average Bonchev–Trinajstić information content (AvgIpc) is 3.29. The summed E-state index contributed by atoms with van der Waals surface area (Å²) in [6, 6.07) is 15.5. The molecule has 4 heteroatoms. The van der Waals surface area contributed by atoms with Crippen LogP contribution in [0.3, 0.4) is 0 Å². The molecule has 1 aliphatic rings. The van der Waals surface area contributed by atoms with E-state index in [4.69, 9.17) is 4.98 Å². The lowest BCUT2D eigenvalue weighted by molar-refractivity contribution is 0.700. The summed E-state index contributed by atoms with van der Waals surface area (Å²) in [6.45, 7) is 2.15. The SMILES string of the molecule is Cc1ccc(-c2cc(-c3cccs3)nc3sc4c(c23)CCCC4)cc1.Cl. The first kappa shape index (κ1) is 17.7. The number of halogens is 1. The van der Waals surface area contributed by atoms with Crippen LogP contribution in [0.25, 0.3) is 31.9 Å². The Bertz CT molecular complexity index is 1050. The van der Waals surface area contributed by atoms with Crippen LogP contribution in [0.4, 0.5) is 0 Å². The maximum absolute atomic E-state index is 5.06. The maximum atomic E-state index is 5.06. The summed E-state index contributed by atoms with van der Waals surface area (Å²) in [5.41, 5.74) is 6.64. The molecule has 0 saturated heterocycles. The lowest BCUT2D eigenvalue weighted by Gasteiger charge is -2.13. The van der Waals surface area contributed by atoms with Gasteiger partial charge < -0.3 is 0 Å². The fraction of sp³-hybridized carbons (Fsp3) is 0.227. The van der Waals surface area contributed by atoms with E-state index in [1.165, 1.54) is 57.5 Å². The van der Waals surface area contributed by atoms with Gasteiger partial charge in [0.05, 0.1) is 10.6 Å². The molecule has 4 aromatic rings. The number of pyridine rings is 1. The Labute approximate surface area is 168 Å². The van der Waals surface area contributed by atoms with E-state index in [0.717, 1.165) is 5.69 Å². The predicted molar refractivity (Wildman–Crippen MR) is 117 cm³/mol. The molecule has 0 spiro atoms. The molecule has 0 radical (unpaired) electrons. The topological polar surface area (TPSA) is 12.9 Å². The molecule has 0 fully saturated rings. The van der Waals surface area contributed by atoms with Gasteiger partial charge in [-0.25, -0.2) is 4.98 Å². The first-order valence-corrected chi connectivity index (χ1v) is 10.6. The molecule has 0 N–H and O–H groups in total. The molecule has 0 amide bonds. The van der Waals surface area contributed by atoms with Gasteiger partial charge in [0.15, 0.2) is 0 Å². The summed E-state index contributed by atoms with van der Waals surface area (Å²) in [7, 11) is 0. The third-order valence-corrected chi connectivity index (χ3v) is 7.14. The second-order valence-corrected chi connectivity index (χ2v) is 8.82. The van der Waals surface area contributed by atoms with Crippen LogP contribution in [-0.2, 0) is 12.8 Å². The first-order chi connectivity index (χ1) is 12.3. The molecule has 26 heavy (non-hydrogen) atoms. The summed E-state index contributed by atoms with van der Waals surface area (Å²) >= 11 is 3.68. The molecule has 5 rings (SSSR count). The van der Waals surface area contributed by atoms with Crippen LogP contribution in [0.15, 0.2) is 47.8 Å². The minimum Gasteiger partial charge on any atom is -0.236 e. The third kappa shape index (κ3) is 2.98. The van der Waals surface area contributed by atoms with Gasteiger partial charge in [-0.1, -0.05) is 35.9 Å². The summed E-state index contributed by atoms with van der Waals surface area (Å²) in [5.74, 6) is 0. The van der Waals surface area contributed by atoms with E-state index in [0.29, 0.717) is 0 Å². The lowest BCUT2D eigenvalue weighted by atomic mass is 9.92. The fourth-order valence-electron chi connectivity index (χ4n) is 3.77. The summed E-state index contributed by atoms with van der Waals surface area (Å²) < 4.78 is 0. The molecule has 1 aromatic carbocycles. The van der Waals surface area contributed by atoms with Gasteiger partial charge in [-0.2, -0.15) is 0 Å². The summed E-state index contributed by atoms with van der Waals surface area (Å²) in [6.07, 6.45) is 5.04. The van der Waals surface area contributed by atoms with Crippen LogP contribution in [0, 0.1) is 6.92 Å². The van der Waals surface area contributed by atoms with Crippen LogP contribution in [0.5, 0.6) is 0 Å². The van der Waals surface area contributed by atoms with Crippen molar-refractivity contribution in [3.05, 3.63) is 63.8 Å². The molecule has 0 saturated carbocycles. The number of aryl methyl sites for hydroxylation is 3. The van der Waals surface area contributed by atoms with Crippen molar-refractivity contribution in [1.82, 2.24) is 4.98 Å². The van der Waals surface area contributed by atoms with Gasteiger partial charge in [0, 0.05) is 10.3 Å². The standard InChI is InChI=1S/C22H19NS2.ClH/c1-14-8-10-15(11-9-14)17-13-18(20-7-4-12-24-20)23-22-21(17)16-5-2-3-6-19(16)25-22;/h4,7-13H,2-3,5-6H2,1H3;1H. The van der Waals surface area contributed by atoms with Gasteiger partial charge >= 0.3 is 0 Å². The van der Waals surface area contributed by atoms with Gasteiger partial charge in [0.25, 0.3) is 0 Å². The summed E-state index contributed by atoms with van der Waals surface area (Å²) in [4.78, 5) is 9.08. The van der Waals surface area contributed by atoms with Crippen LogP contribution in [-0.4, -0.2) is 4.98 Å². The van der Waals surface area contributed by atoms with Crippen LogP contribution in [0.2, 0.25) is 0 Å². The Hall–Kier alpha value is -1.68. The molecule has 1 aliphatic carbocycles. The van der Waals surface area contributed by atoms with E-state index in [9.17, 15) is 0 Å². The number of aromatic nitrogens is 1. The van der Waals surface area contributed by atoms with Crippen LogP contribution in [0.1, 0.15) is 28.8 Å². The lowest BCUT2D eigenvalue weighted by Crippen LogP contribution is -1.98. The maximum Gasteiger partial charge on any atom is 0.125 e. The van der Waals surface area contributed by atoms with E-state index >= 15 is 0 Å². The number of benzene rings is 1. The van der Waals surface area contributed by atoms with E-state index < -0.39 is 0 Å². The minimum atomic E-state index is 0. The van der Waals surface area contributed by atoms with Gasteiger partial charge in [-0.3, -0.25) is 0 Å². The van der Waals surface area contributed by atoms with Crippen molar-refractivity contribution in [1.29, 1.82) is 0 Å². The van der Waals surface area contributed by atoms with Gasteiger partial charge in [0.1, 0.15) is 4.83 Å². The van der Waals surface area contributed by atoms with Crippen molar-refractivity contribution in [2.75, 3.05) is 0 Å². The number of thiophene rings is 2. The van der Waals surface area contributed by atoms with E-state index in [2.05, 4.69) is 54.8 Å². The summed E-state index contributed by atoms with van der Waals surface area (Å²) in [5, 5.41) is 3.54. The van der Waals surface area contributed by atoms with E-state index in [1.807, 2.05) is 11.3 Å². The Balaban J connectivity index is 0.00000168. The highest BCUT2D eigenvalue weighted by atomic mass is 35.5. The van der Waals surface area contributed by atoms with E-state index in [1.54, 1.807) is 21.8 Å². The van der Waals surface area contributed by atoms with Crippen molar-refractivity contribution in [3.8, 4) is 21.7 Å². The van der Waals surface area contributed by atoms with Crippen molar-refractivity contribution in [2.45, 2.75) is 32.6 Å². The van der Waals surface area contributed by atoms with E-state index in [-0.39, 0.29) is 12.4 Å². The molecular formula is C22H20ClNS2.